The molecule has 100 valence electrons. The van der Waals surface area contributed by atoms with Gasteiger partial charge in [0.2, 0.25) is 5.91 Å². The third kappa shape index (κ3) is 4.75. The van der Waals surface area contributed by atoms with Crippen LogP contribution in [0.3, 0.4) is 0 Å². The fourth-order valence-corrected chi connectivity index (χ4v) is 0.977. The van der Waals surface area contributed by atoms with Crippen molar-refractivity contribution in [3.05, 3.63) is 0 Å². The van der Waals surface area contributed by atoms with Crippen LogP contribution >= 0.6 is 0 Å². The van der Waals surface area contributed by atoms with E-state index in [-0.39, 0.29) is 6.42 Å². The number of hydrogen-bond acceptors (Lipinski definition) is 7. The van der Waals surface area contributed by atoms with E-state index >= 15 is 0 Å². The van der Waals surface area contributed by atoms with Gasteiger partial charge in [0.1, 0.15) is 18.3 Å². The minimum absolute atomic E-state index is 0.0103. The molecule has 0 aromatic carbocycles. The number of carbonyl (C=O) groups excluding carboxylic acids is 2. The molecule has 0 spiro atoms. The number of rotatable bonds is 6. The first-order valence-corrected chi connectivity index (χ1v) is 5.01. The lowest BCUT2D eigenvalue weighted by atomic mass is 10.0. The summed E-state index contributed by atoms with van der Waals surface area (Å²) in [6, 6.07) is 0. The Hall–Kier alpha value is -1.06. The quantitative estimate of drug-likeness (QED) is 0.286. The van der Waals surface area contributed by atoms with Gasteiger partial charge in [0.15, 0.2) is 6.10 Å². The Bertz CT molecular complexity index is 270. The number of hydrogen-bond donors (Lipinski definition) is 6. The zero-order valence-electron chi connectivity index (χ0n) is 9.28. The molecule has 0 bridgehead atoms. The largest absolute Gasteiger partial charge is 0.394 e. The minimum Gasteiger partial charge on any atom is -0.394 e. The fraction of sp³-hybridized carbons (Fsp3) is 0.778. The third-order valence-corrected chi connectivity index (χ3v) is 2.11. The predicted octanol–water partition coefficient (Wildman–Crippen LogP) is -3.52. The Balaban J connectivity index is 4.43. The van der Waals surface area contributed by atoms with Crippen LogP contribution in [0.15, 0.2) is 0 Å². The van der Waals surface area contributed by atoms with Gasteiger partial charge in [-0.2, -0.15) is 0 Å². The van der Waals surface area contributed by atoms with E-state index in [9.17, 15) is 24.9 Å². The van der Waals surface area contributed by atoms with Crippen LogP contribution in [-0.2, 0) is 9.59 Å². The molecule has 0 heterocycles. The molecule has 0 aliphatic carbocycles. The van der Waals surface area contributed by atoms with Gasteiger partial charge in [-0.25, -0.2) is 0 Å². The van der Waals surface area contributed by atoms with Crippen LogP contribution in [0, 0.1) is 0 Å². The van der Waals surface area contributed by atoms with Crippen LogP contribution < -0.4 is 5.32 Å². The molecule has 17 heavy (non-hydrogen) atoms. The maximum Gasteiger partial charge on any atom is 0.258 e. The zero-order valence-corrected chi connectivity index (χ0v) is 9.28. The van der Waals surface area contributed by atoms with Crippen LogP contribution in [0.25, 0.3) is 0 Å². The van der Waals surface area contributed by atoms with Gasteiger partial charge in [-0.3, -0.25) is 14.9 Å². The number of amides is 2. The first kappa shape index (κ1) is 15.9. The van der Waals surface area contributed by atoms with Gasteiger partial charge in [-0.15, -0.1) is 0 Å². The van der Waals surface area contributed by atoms with E-state index in [1.165, 1.54) is 6.92 Å². The maximum atomic E-state index is 11.2. The number of carbonyl (C=O) groups is 2. The molecule has 0 radical (unpaired) electrons. The molecule has 0 saturated carbocycles. The third-order valence-electron chi connectivity index (χ3n) is 2.11. The standard InChI is InChI=1S/C9H17NO7/c1-2-5(13)10-9(17)8(16)7(15)6(14)4(12)3-11/h4,6-8,11-12,14-16H,2-3H2,1H3,(H,10,13,17)/t4-,6-,7+,8-/m1/s1. The van der Waals surface area contributed by atoms with Gasteiger partial charge < -0.3 is 25.5 Å². The molecule has 0 rings (SSSR count). The van der Waals surface area contributed by atoms with E-state index in [1.807, 2.05) is 0 Å². The summed E-state index contributed by atoms with van der Waals surface area (Å²) in [5, 5.41) is 47.1. The van der Waals surface area contributed by atoms with E-state index in [0.29, 0.717) is 0 Å². The molecule has 0 fully saturated rings. The van der Waals surface area contributed by atoms with Crippen LogP contribution in [0.4, 0.5) is 0 Å². The Morgan fingerprint density at radius 2 is 1.65 bits per heavy atom. The van der Waals surface area contributed by atoms with Gasteiger partial charge >= 0.3 is 0 Å². The Kier molecular flexibility index (Phi) is 6.85. The van der Waals surface area contributed by atoms with Crippen LogP contribution in [0.5, 0.6) is 0 Å². The van der Waals surface area contributed by atoms with Gasteiger partial charge in [0.05, 0.1) is 6.61 Å². The van der Waals surface area contributed by atoms with Crippen molar-refractivity contribution in [3.8, 4) is 0 Å². The molecule has 6 N–H and O–H groups in total. The summed E-state index contributed by atoms with van der Waals surface area (Å²) in [4.78, 5) is 22.0. The molecule has 0 saturated heterocycles. The highest BCUT2D eigenvalue weighted by atomic mass is 16.4. The summed E-state index contributed by atoms with van der Waals surface area (Å²) in [5.41, 5.74) is 0. The first-order chi connectivity index (χ1) is 7.84. The highest BCUT2D eigenvalue weighted by Crippen LogP contribution is 2.05. The summed E-state index contributed by atoms with van der Waals surface area (Å²) in [7, 11) is 0. The monoisotopic (exact) mass is 251 g/mol. The molecular formula is C9H17NO7. The van der Waals surface area contributed by atoms with Crippen molar-refractivity contribution < 1.29 is 35.1 Å². The summed E-state index contributed by atoms with van der Waals surface area (Å²) in [5.74, 6) is -1.84. The second kappa shape index (κ2) is 7.30. The summed E-state index contributed by atoms with van der Waals surface area (Å²) in [6.07, 6.45) is -7.69. The summed E-state index contributed by atoms with van der Waals surface area (Å²) < 4.78 is 0. The van der Waals surface area contributed by atoms with Gasteiger partial charge in [-0.1, -0.05) is 6.92 Å². The molecule has 8 heteroatoms. The van der Waals surface area contributed by atoms with E-state index in [0.717, 1.165) is 0 Å². The van der Waals surface area contributed by atoms with Crippen molar-refractivity contribution in [1.82, 2.24) is 5.32 Å². The predicted molar refractivity (Wildman–Crippen MR) is 54.6 cm³/mol. The lowest BCUT2D eigenvalue weighted by Crippen LogP contribution is -2.52. The van der Waals surface area contributed by atoms with Crippen molar-refractivity contribution in [2.75, 3.05) is 6.61 Å². The SMILES string of the molecule is CCC(=O)NC(=O)[C@H](O)[C@@H](O)[C@H](O)[C@H](O)CO. The Morgan fingerprint density at radius 1 is 1.12 bits per heavy atom. The van der Waals surface area contributed by atoms with Crippen LogP contribution in [0.2, 0.25) is 0 Å². The molecule has 2 amide bonds. The number of aliphatic hydroxyl groups excluding tert-OH is 5. The number of nitrogens with one attached hydrogen (secondary N) is 1. The molecule has 0 aromatic heterocycles. The van der Waals surface area contributed by atoms with E-state index in [4.69, 9.17) is 10.2 Å². The van der Waals surface area contributed by atoms with Crippen LogP contribution in [0.1, 0.15) is 13.3 Å². The average Bonchev–Trinajstić information content (AvgIpc) is 2.34. The lowest BCUT2D eigenvalue weighted by Gasteiger charge is -2.24. The molecule has 0 aromatic rings. The van der Waals surface area contributed by atoms with Crippen molar-refractivity contribution in [3.63, 3.8) is 0 Å². The van der Waals surface area contributed by atoms with Crippen molar-refractivity contribution >= 4 is 11.8 Å². The molecule has 0 aliphatic rings. The lowest BCUT2D eigenvalue weighted by molar-refractivity contribution is -0.151. The number of imide groups is 1. The Labute approximate surface area is 97.5 Å². The highest BCUT2D eigenvalue weighted by molar-refractivity contribution is 5.97. The minimum atomic E-state index is -2.08. The first-order valence-electron chi connectivity index (χ1n) is 5.01. The van der Waals surface area contributed by atoms with E-state index in [1.54, 1.807) is 5.32 Å². The Morgan fingerprint density at radius 3 is 2.06 bits per heavy atom. The fourth-order valence-electron chi connectivity index (χ4n) is 0.977. The zero-order chi connectivity index (χ0) is 13.6. The van der Waals surface area contributed by atoms with Crippen molar-refractivity contribution in [2.45, 2.75) is 37.8 Å². The van der Waals surface area contributed by atoms with E-state index in [2.05, 4.69) is 0 Å². The molecule has 0 aliphatic heterocycles. The van der Waals surface area contributed by atoms with Crippen molar-refractivity contribution in [1.29, 1.82) is 0 Å². The molecule has 4 atom stereocenters. The number of aliphatic hydroxyl groups is 5. The van der Waals surface area contributed by atoms with Crippen molar-refractivity contribution in [2.24, 2.45) is 0 Å². The van der Waals surface area contributed by atoms with Gasteiger partial charge in [0.25, 0.3) is 5.91 Å². The topological polar surface area (TPSA) is 147 Å². The second-order valence-corrected chi connectivity index (χ2v) is 3.44. The molecule has 8 nitrogen and oxygen atoms in total. The van der Waals surface area contributed by atoms with E-state index < -0.39 is 42.8 Å². The molecular weight excluding hydrogens is 234 g/mol. The summed E-state index contributed by atoms with van der Waals surface area (Å²) >= 11 is 0. The second-order valence-electron chi connectivity index (χ2n) is 3.44. The van der Waals surface area contributed by atoms with Crippen LogP contribution in [-0.4, -0.2) is 68.4 Å². The summed E-state index contributed by atoms with van der Waals surface area (Å²) in [6.45, 7) is 0.635. The normalized spacial score (nSPS) is 18.0. The maximum absolute atomic E-state index is 11.2. The average molecular weight is 251 g/mol. The van der Waals surface area contributed by atoms with Gasteiger partial charge in [-0.05, 0) is 0 Å². The molecule has 0 unspecified atom stereocenters. The smallest absolute Gasteiger partial charge is 0.258 e. The van der Waals surface area contributed by atoms with Gasteiger partial charge in [0, 0.05) is 6.42 Å². The highest BCUT2D eigenvalue weighted by Gasteiger charge is 2.34.